The smallest absolute Gasteiger partial charge is 0.266 e. The van der Waals surface area contributed by atoms with E-state index >= 15 is 0 Å². The first-order chi connectivity index (χ1) is 21.4. The summed E-state index contributed by atoms with van der Waals surface area (Å²) in [6, 6.07) is 34.2. The highest BCUT2D eigenvalue weighted by Gasteiger charge is 2.13. The highest BCUT2D eigenvalue weighted by Crippen LogP contribution is 2.32. The minimum Gasteiger partial charge on any atom is -0.490 e. The van der Waals surface area contributed by atoms with E-state index in [1.54, 1.807) is 42.5 Å². The largest absolute Gasteiger partial charge is 0.490 e. The van der Waals surface area contributed by atoms with E-state index in [1.165, 1.54) is 6.08 Å². The maximum atomic E-state index is 13.0. The Morgan fingerprint density at radius 3 is 2.41 bits per heavy atom. The molecule has 0 spiro atoms. The molecule has 0 bridgehead atoms. The molecule has 5 rings (SSSR count). The van der Waals surface area contributed by atoms with Crippen LogP contribution in [-0.4, -0.2) is 12.5 Å². The fourth-order valence-electron chi connectivity index (χ4n) is 4.71. The quantitative estimate of drug-likeness (QED) is 0.121. The zero-order valence-electron chi connectivity index (χ0n) is 24.5. The third-order valence-electron chi connectivity index (χ3n) is 7.05. The van der Waals surface area contributed by atoms with Crippen LogP contribution in [0.4, 0.5) is 5.69 Å². The van der Waals surface area contributed by atoms with Gasteiger partial charge in [0, 0.05) is 21.8 Å². The van der Waals surface area contributed by atoms with Crippen LogP contribution in [0.5, 0.6) is 17.2 Å². The van der Waals surface area contributed by atoms with Crippen molar-refractivity contribution in [2.24, 2.45) is 0 Å². The number of benzene rings is 5. The number of hydrogen-bond donors (Lipinski definition) is 1. The van der Waals surface area contributed by atoms with Crippen LogP contribution >= 0.6 is 11.6 Å². The predicted octanol–water partition coefficient (Wildman–Crippen LogP) is 8.90. The Bertz CT molecular complexity index is 1860. The number of anilines is 1. The average molecular weight is 603 g/mol. The van der Waals surface area contributed by atoms with Crippen molar-refractivity contribution in [3.8, 4) is 23.3 Å². The second-order valence-corrected chi connectivity index (χ2v) is 10.4. The van der Waals surface area contributed by atoms with Gasteiger partial charge in [0.05, 0.1) is 6.61 Å². The number of nitriles is 1. The summed E-state index contributed by atoms with van der Waals surface area (Å²) in [5.74, 6) is 1.21. The van der Waals surface area contributed by atoms with Crippen LogP contribution in [0.3, 0.4) is 0 Å². The first-order valence-electron chi connectivity index (χ1n) is 14.2. The maximum absolute atomic E-state index is 13.0. The summed E-state index contributed by atoms with van der Waals surface area (Å²) >= 11 is 6.19. The van der Waals surface area contributed by atoms with Crippen molar-refractivity contribution >= 4 is 40.0 Å². The van der Waals surface area contributed by atoms with E-state index in [4.69, 9.17) is 25.8 Å². The summed E-state index contributed by atoms with van der Waals surface area (Å²) in [6.07, 6.45) is 1.53. The van der Waals surface area contributed by atoms with E-state index in [1.807, 2.05) is 49.4 Å². The zero-order valence-corrected chi connectivity index (χ0v) is 25.2. The summed E-state index contributed by atoms with van der Waals surface area (Å²) in [5.41, 5.74) is 4.25. The van der Waals surface area contributed by atoms with Gasteiger partial charge in [-0.1, -0.05) is 72.3 Å². The molecular formula is C37H31ClN2O4. The van der Waals surface area contributed by atoms with Gasteiger partial charge in [0.1, 0.15) is 30.6 Å². The molecule has 44 heavy (non-hydrogen) atoms. The normalized spacial score (nSPS) is 11.1. The third kappa shape index (κ3) is 7.38. The first-order valence-corrected chi connectivity index (χ1v) is 14.6. The predicted molar refractivity (Wildman–Crippen MR) is 175 cm³/mol. The standard InChI is InChI=1S/C37H31ClN2O4/c1-3-42-36-21-26(13-19-35(36)44-24-33-25(2)12-14-27-8-4-6-10-32(27)33)20-29(22-39)37(41)40-30-15-17-31(18-16-30)43-23-28-9-5-7-11-34(28)38/h4-21H,3,23-24H2,1-2H3,(H,40,41)/b29-20+. The van der Waals surface area contributed by atoms with Crippen molar-refractivity contribution in [1.82, 2.24) is 0 Å². The van der Waals surface area contributed by atoms with E-state index in [9.17, 15) is 10.1 Å². The number of carbonyl (C=O) groups excluding carboxylic acids is 1. The number of ether oxygens (including phenoxy) is 3. The summed E-state index contributed by atoms with van der Waals surface area (Å²) in [7, 11) is 0. The zero-order chi connectivity index (χ0) is 30.9. The molecule has 0 aliphatic carbocycles. The van der Waals surface area contributed by atoms with Gasteiger partial charge in [0.2, 0.25) is 0 Å². The van der Waals surface area contributed by atoms with Crippen LogP contribution in [0, 0.1) is 18.3 Å². The third-order valence-corrected chi connectivity index (χ3v) is 7.42. The summed E-state index contributed by atoms with van der Waals surface area (Å²) in [4.78, 5) is 13.0. The lowest BCUT2D eigenvalue weighted by Gasteiger charge is -2.15. The Balaban J connectivity index is 1.26. The summed E-state index contributed by atoms with van der Waals surface area (Å²) < 4.78 is 17.9. The number of amides is 1. The lowest BCUT2D eigenvalue weighted by Crippen LogP contribution is -2.13. The van der Waals surface area contributed by atoms with Gasteiger partial charge >= 0.3 is 0 Å². The Morgan fingerprint density at radius 2 is 1.64 bits per heavy atom. The van der Waals surface area contributed by atoms with Crippen molar-refractivity contribution < 1.29 is 19.0 Å². The first kappa shape index (κ1) is 30.2. The Kier molecular flexibility index (Phi) is 9.81. The fraction of sp³-hybridized carbons (Fsp3) is 0.135. The van der Waals surface area contributed by atoms with Crippen LogP contribution in [0.1, 0.15) is 29.2 Å². The fourth-order valence-corrected chi connectivity index (χ4v) is 4.90. The van der Waals surface area contributed by atoms with Gasteiger partial charge in [-0.3, -0.25) is 4.79 Å². The van der Waals surface area contributed by atoms with Crippen LogP contribution in [0.15, 0.2) is 109 Å². The molecule has 0 aliphatic rings. The van der Waals surface area contributed by atoms with Crippen LogP contribution < -0.4 is 19.5 Å². The van der Waals surface area contributed by atoms with E-state index in [0.717, 1.165) is 27.5 Å². The van der Waals surface area contributed by atoms with E-state index < -0.39 is 5.91 Å². The van der Waals surface area contributed by atoms with Crippen molar-refractivity contribution in [2.75, 3.05) is 11.9 Å². The molecule has 0 aromatic heterocycles. The molecule has 0 atom stereocenters. The molecule has 0 aliphatic heterocycles. The maximum Gasteiger partial charge on any atom is 0.266 e. The molecule has 0 saturated carbocycles. The number of fused-ring (bicyclic) bond motifs is 1. The number of nitrogens with zero attached hydrogens (tertiary/aromatic N) is 1. The van der Waals surface area contributed by atoms with E-state index in [0.29, 0.717) is 53.3 Å². The van der Waals surface area contributed by atoms with Gasteiger partial charge in [-0.2, -0.15) is 5.26 Å². The molecule has 0 radical (unpaired) electrons. The van der Waals surface area contributed by atoms with Crippen LogP contribution in [0.25, 0.3) is 16.8 Å². The van der Waals surface area contributed by atoms with Gasteiger partial charge in [-0.25, -0.2) is 0 Å². The Morgan fingerprint density at radius 1 is 0.864 bits per heavy atom. The van der Waals surface area contributed by atoms with Gasteiger partial charge in [0.15, 0.2) is 11.5 Å². The molecule has 1 amide bonds. The topological polar surface area (TPSA) is 80.6 Å². The number of hydrogen-bond acceptors (Lipinski definition) is 5. The molecule has 5 aromatic rings. The number of aryl methyl sites for hydroxylation is 1. The van der Waals surface area contributed by atoms with E-state index in [2.05, 4.69) is 36.5 Å². The molecular weight excluding hydrogens is 572 g/mol. The minimum atomic E-state index is -0.526. The van der Waals surface area contributed by atoms with Gasteiger partial charge in [-0.15, -0.1) is 0 Å². The van der Waals surface area contributed by atoms with Crippen molar-refractivity contribution in [1.29, 1.82) is 5.26 Å². The van der Waals surface area contributed by atoms with Crippen molar-refractivity contribution in [2.45, 2.75) is 27.1 Å². The van der Waals surface area contributed by atoms with Gasteiger partial charge in [-0.05, 0) is 84.3 Å². The summed E-state index contributed by atoms with van der Waals surface area (Å²) in [6.45, 7) is 5.09. The second kappa shape index (κ2) is 14.3. The van der Waals surface area contributed by atoms with Gasteiger partial charge < -0.3 is 19.5 Å². The highest BCUT2D eigenvalue weighted by atomic mass is 35.5. The molecule has 0 saturated heterocycles. The SMILES string of the molecule is CCOc1cc(/C=C(\C#N)C(=O)Nc2ccc(OCc3ccccc3Cl)cc2)ccc1OCc1c(C)ccc2ccccc12. The van der Waals surface area contributed by atoms with Crippen molar-refractivity contribution in [3.63, 3.8) is 0 Å². The second-order valence-electron chi connectivity index (χ2n) is 10.0. The molecule has 0 unspecified atom stereocenters. The molecule has 0 heterocycles. The Labute approximate surface area is 262 Å². The molecule has 6 nitrogen and oxygen atoms in total. The number of carbonyl (C=O) groups is 1. The number of nitrogens with one attached hydrogen (secondary N) is 1. The summed E-state index contributed by atoms with van der Waals surface area (Å²) in [5, 5.41) is 15.5. The molecule has 1 N–H and O–H groups in total. The van der Waals surface area contributed by atoms with E-state index in [-0.39, 0.29) is 5.57 Å². The molecule has 220 valence electrons. The van der Waals surface area contributed by atoms with Crippen molar-refractivity contribution in [3.05, 3.63) is 136 Å². The lowest BCUT2D eigenvalue weighted by atomic mass is 10.0. The highest BCUT2D eigenvalue weighted by molar-refractivity contribution is 6.31. The molecule has 5 aromatic carbocycles. The van der Waals surface area contributed by atoms with Crippen LogP contribution in [-0.2, 0) is 18.0 Å². The van der Waals surface area contributed by atoms with Gasteiger partial charge in [0.25, 0.3) is 5.91 Å². The molecule has 7 heteroatoms. The number of rotatable bonds is 11. The molecule has 0 fully saturated rings. The average Bonchev–Trinajstić information content (AvgIpc) is 3.04. The number of halogens is 1. The monoisotopic (exact) mass is 602 g/mol. The Hall–Kier alpha value is -5.25. The van der Waals surface area contributed by atoms with Crippen LogP contribution in [0.2, 0.25) is 5.02 Å². The minimum absolute atomic E-state index is 0.0495. The lowest BCUT2D eigenvalue weighted by molar-refractivity contribution is -0.112.